The smallest absolute Gasteiger partial charge is 0.251 e. The van der Waals surface area contributed by atoms with Crippen molar-refractivity contribution < 1.29 is 18.7 Å². The minimum atomic E-state index is -1.01. The number of para-hydroxylation sites is 1. The quantitative estimate of drug-likeness (QED) is 0.340. The molecule has 0 bridgehead atoms. The monoisotopic (exact) mass is 530 g/mol. The number of rotatable bonds is 9. The molecule has 9 nitrogen and oxygen atoms in total. The van der Waals surface area contributed by atoms with Gasteiger partial charge in [0.15, 0.2) is 0 Å². The summed E-state index contributed by atoms with van der Waals surface area (Å²) in [7, 11) is 0. The Bertz CT molecular complexity index is 1420. The first-order chi connectivity index (χ1) is 18.7. The predicted octanol–water partition coefficient (Wildman–Crippen LogP) is 4.57. The van der Waals surface area contributed by atoms with Crippen LogP contribution in [0.2, 0.25) is 0 Å². The number of carbonyl (C=O) groups is 2. The first-order valence-electron chi connectivity index (χ1n) is 12.6. The van der Waals surface area contributed by atoms with Gasteiger partial charge in [0, 0.05) is 11.2 Å². The van der Waals surface area contributed by atoms with Crippen LogP contribution < -0.4 is 15.0 Å². The van der Waals surface area contributed by atoms with E-state index in [-0.39, 0.29) is 23.8 Å². The maximum absolute atomic E-state index is 14.2. The lowest BCUT2D eigenvalue weighted by Crippen LogP contribution is -2.50. The van der Waals surface area contributed by atoms with E-state index in [9.17, 15) is 14.0 Å². The first-order valence-corrected chi connectivity index (χ1v) is 12.6. The molecule has 0 aliphatic carbocycles. The van der Waals surface area contributed by atoms with Crippen LogP contribution in [0.3, 0.4) is 0 Å². The highest BCUT2D eigenvalue weighted by atomic mass is 19.1. The summed E-state index contributed by atoms with van der Waals surface area (Å²) in [6, 6.07) is 21.0. The van der Waals surface area contributed by atoms with Crippen molar-refractivity contribution in [2.45, 2.75) is 45.8 Å². The minimum Gasteiger partial charge on any atom is -0.494 e. The topological polar surface area (TPSA) is 102 Å². The fraction of sp³-hybridized carbons (Fsp3) is 0.276. The molecule has 0 unspecified atom stereocenters. The summed E-state index contributed by atoms with van der Waals surface area (Å²) in [5.74, 6) is -0.602. The van der Waals surface area contributed by atoms with Gasteiger partial charge in [0.25, 0.3) is 5.91 Å². The van der Waals surface area contributed by atoms with Crippen LogP contribution in [-0.2, 0) is 16.1 Å². The van der Waals surface area contributed by atoms with Gasteiger partial charge >= 0.3 is 0 Å². The van der Waals surface area contributed by atoms with Crippen LogP contribution in [0.15, 0.2) is 78.9 Å². The fourth-order valence-corrected chi connectivity index (χ4v) is 4.05. The SMILES string of the molecule is CCOc1ccc([C@@H](C(=O)NC(C)(C)C)N(C(=O)Cn2nnc(-c3ccccc3F)n2)c2ccccc2)cc1. The van der Waals surface area contributed by atoms with E-state index in [1.54, 1.807) is 60.7 Å². The van der Waals surface area contributed by atoms with Crippen LogP contribution in [0.5, 0.6) is 5.75 Å². The molecule has 0 radical (unpaired) electrons. The Labute approximate surface area is 226 Å². The normalized spacial score (nSPS) is 12.0. The van der Waals surface area contributed by atoms with Gasteiger partial charge in [0.05, 0.1) is 12.2 Å². The van der Waals surface area contributed by atoms with Crippen molar-refractivity contribution in [3.05, 3.63) is 90.2 Å². The molecule has 1 N–H and O–H groups in total. The summed E-state index contributed by atoms with van der Waals surface area (Å²) in [5.41, 5.74) is 0.734. The summed E-state index contributed by atoms with van der Waals surface area (Å²) in [4.78, 5) is 30.2. The zero-order valence-electron chi connectivity index (χ0n) is 22.3. The molecule has 0 fully saturated rings. The third-order valence-electron chi connectivity index (χ3n) is 5.66. The van der Waals surface area contributed by atoms with Crippen LogP contribution in [0.25, 0.3) is 11.4 Å². The second-order valence-corrected chi connectivity index (χ2v) is 9.87. The summed E-state index contributed by atoms with van der Waals surface area (Å²) in [6.45, 7) is 7.68. The zero-order valence-corrected chi connectivity index (χ0v) is 22.3. The number of tetrazole rings is 1. The number of ether oxygens (including phenoxy) is 1. The highest BCUT2D eigenvalue weighted by Gasteiger charge is 2.35. The third-order valence-corrected chi connectivity index (χ3v) is 5.66. The number of hydrogen-bond donors (Lipinski definition) is 1. The van der Waals surface area contributed by atoms with Crippen molar-refractivity contribution in [1.82, 2.24) is 25.5 Å². The van der Waals surface area contributed by atoms with Gasteiger partial charge in [0.2, 0.25) is 11.7 Å². The molecule has 1 aromatic heterocycles. The molecule has 2 amide bonds. The predicted molar refractivity (Wildman–Crippen MR) is 145 cm³/mol. The van der Waals surface area contributed by atoms with Crippen molar-refractivity contribution in [1.29, 1.82) is 0 Å². The number of anilines is 1. The lowest BCUT2D eigenvalue weighted by atomic mass is 10.0. The molecule has 1 heterocycles. The van der Waals surface area contributed by atoms with E-state index in [1.807, 2.05) is 33.8 Å². The Morgan fingerprint density at radius 3 is 2.31 bits per heavy atom. The molecule has 0 spiro atoms. The Balaban J connectivity index is 1.73. The molecule has 0 aliphatic rings. The van der Waals surface area contributed by atoms with Gasteiger partial charge in [-0.05, 0) is 74.9 Å². The molecular formula is C29H31FN6O3. The highest BCUT2D eigenvalue weighted by molar-refractivity contribution is 6.01. The van der Waals surface area contributed by atoms with Crippen molar-refractivity contribution in [2.75, 3.05) is 11.5 Å². The van der Waals surface area contributed by atoms with Crippen molar-refractivity contribution in [3.8, 4) is 17.1 Å². The number of nitrogens with one attached hydrogen (secondary N) is 1. The summed E-state index contributed by atoms with van der Waals surface area (Å²) < 4.78 is 19.8. The van der Waals surface area contributed by atoms with Gasteiger partial charge in [-0.3, -0.25) is 14.5 Å². The maximum Gasteiger partial charge on any atom is 0.251 e. The number of nitrogens with zero attached hydrogens (tertiary/aromatic N) is 5. The number of amides is 2. The highest BCUT2D eigenvalue weighted by Crippen LogP contribution is 2.30. The largest absolute Gasteiger partial charge is 0.494 e. The van der Waals surface area contributed by atoms with Gasteiger partial charge in [-0.2, -0.15) is 4.80 Å². The molecule has 0 saturated carbocycles. The van der Waals surface area contributed by atoms with Gasteiger partial charge in [0.1, 0.15) is 24.2 Å². The number of halogens is 1. The summed E-state index contributed by atoms with van der Waals surface area (Å²) in [6.07, 6.45) is 0. The van der Waals surface area contributed by atoms with Crippen LogP contribution in [0, 0.1) is 5.82 Å². The van der Waals surface area contributed by atoms with Crippen molar-refractivity contribution >= 4 is 17.5 Å². The number of aromatic nitrogens is 4. The minimum absolute atomic E-state index is 0.0562. The molecule has 10 heteroatoms. The Hall–Kier alpha value is -4.60. The van der Waals surface area contributed by atoms with Crippen LogP contribution in [-0.4, -0.2) is 44.2 Å². The van der Waals surface area contributed by atoms with E-state index in [2.05, 4.69) is 20.7 Å². The Morgan fingerprint density at radius 1 is 1.00 bits per heavy atom. The van der Waals surface area contributed by atoms with Crippen LogP contribution in [0.1, 0.15) is 39.3 Å². The molecule has 202 valence electrons. The maximum atomic E-state index is 14.2. The standard InChI is InChI=1S/C29H31FN6O3/c1-5-39-22-17-15-20(16-18-22)26(28(38)31-29(2,3)4)36(21-11-7-6-8-12-21)25(37)19-35-33-27(32-34-35)23-13-9-10-14-24(23)30/h6-18,26H,5,19H2,1-4H3,(H,31,38)/t26-/m0/s1. The molecule has 39 heavy (non-hydrogen) atoms. The Kier molecular flexibility index (Phi) is 8.33. The second-order valence-electron chi connectivity index (χ2n) is 9.87. The molecule has 0 saturated heterocycles. The number of carbonyl (C=O) groups excluding carboxylic acids is 2. The van der Waals surface area contributed by atoms with Crippen molar-refractivity contribution in [3.63, 3.8) is 0 Å². The van der Waals surface area contributed by atoms with E-state index >= 15 is 0 Å². The zero-order chi connectivity index (χ0) is 28.0. The number of hydrogen-bond acceptors (Lipinski definition) is 6. The van der Waals surface area contributed by atoms with Crippen molar-refractivity contribution in [2.24, 2.45) is 0 Å². The molecule has 4 aromatic rings. The third kappa shape index (κ3) is 6.84. The molecule has 4 rings (SSSR count). The molecular weight excluding hydrogens is 499 g/mol. The van der Waals surface area contributed by atoms with Crippen LogP contribution in [0.4, 0.5) is 10.1 Å². The molecule has 1 atom stereocenters. The van der Waals surface area contributed by atoms with Gasteiger partial charge in [-0.15, -0.1) is 10.2 Å². The van der Waals surface area contributed by atoms with E-state index in [0.29, 0.717) is 23.6 Å². The Morgan fingerprint density at radius 2 is 1.67 bits per heavy atom. The average molecular weight is 531 g/mol. The fourth-order valence-electron chi connectivity index (χ4n) is 4.05. The summed E-state index contributed by atoms with van der Waals surface area (Å²) in [5, 5.41) is 15.1. The second kappa shape index (κ2) is 11.8. The van der Waals surface area contributed by atoms with Gasteiger partial charge in [-0.25, -0.2) is 4.39 Å². The van der Waals surface area contributed by atoms with E-state index in [0.717, 1.165) is 4.80 Å². The number of benzene rings is 3. The van der Waals surface area contributed by atoms with Gasteiger partial charge < -0.3 is 10.1 Å². The van der Waals surface area contributed by atoms with E-state index < -0.39 is 23.3 Å². The van der Waals surface area contributed by atoms with E-state index in [1.165, 1.54) is 17.0 Å². The van der Waals surface area contributed by atoms with E-state index in [4.69, 9.17) is 4.74 Å². The summed E-state index contributed by atoms with van der Waals surface area (Å²) >= 11 is 0. The molecule has 0 aliphatic heterocycles. The lowest BCUT2D eigenvalue weighted by Gasteiger charge is -2.33. The average Bonchev–Trinajstić information content (AvgIpc) is 3.35. The molecule has 3 aromatic carbocycles. The first kappa shape index (κ1) is 27.4. The van der Waals surface area contributed by atoms with Gasteiger partial charge in [-0.1, -0.05) is 42.5 Å². The lowest BCUT2D eigenvalue weighted by molar-refractivity contribution is -0.128. The van der Waals surface area contributed by atoms with Crippen LogP contribution >= 0.6 is 0 Å².